The molecule has 0 aromatic rings. The molecule has 0 radical (unpaired) electrons. The number of hydrogen-bond acceptors (Lipinski definition) is 20. The highest BCUT2D eigenvalue weighted by atomic mass is 16.8. The number of esters is 8. The molecule has 0 aromatic heterocycles. The van der Waals surface area contributed by atoms with Crippen LogP contribution in [0.5, 0.6) is 0 Å². The summed E-state index contributed by atoms with van der Waals surface area (Å²) in [6, 6.07) is 0. The first-order chi connectivity index (χ1) is 28.6. The maximum absolute atomic E-state index is 14.0. The number of carbonyl (C=O) groups excluding carboxylic acids is 9. The zero-order valence-corrected chi connectivity index (χ0v) is 35.6. The van der Waals surface area contributed by atoms with Crippen molar-refractivity contribution in [3.05, 3.63) is 23.3 Å². The van der Waals surface area contributed by atoms with E-state index in [2.05, 4.69) is 13.5 Å². The van der Waals surface area contributed by atoms with Crippen molar-refractivity contribution < 1.29 is 95.3 Å². The van der Waals surface area contributed by atoms with Crippen LogP contribution in [-0.4, -0.2) is 128 Å². The maximum atomic E-state index is 14.0. The highest BCUT2D eigenvalue weighted by Crippen LogP contribution is 2.45. The Hall–Kier alpha value is -5.21. The van der Waals surface area contributed by atoms with Crippen LogP contribution in [0.4, 0.5) is 0 Å². The molecular weight excluding hydrogens is 812 g/mol. The highest BCUT2D eigenvalue weighted by Gasteiger charge is 2.58. The molecule has 4 aliphatic rings. The van der Waals surface area contributed by atoms with Crippen molar-refractivity contribution in [2.24, 2.45) is 17.8 Å². The van der Waals surface area contributed by atoms with Crippen LogP contribution >= 0.6 is 0 Å². The van der Waals surface area contributed by atoms with Crippen LogP contribution < -0.4 is 0 Å². The van der Waals surface area contributed by atoms with Crippen LogP contribution in [0.2, 0.25) is 0 Å². The monoisotopic (exact) mass is 866 g/mol. The van der Waals surface area contributed by atoms with Gasteiger partial charge in [0, 0.05) is 60.5 Å². The quantitative estimate of drug-likeness (QED) is 0.137. The van der Waals surface area contributed by atoms with E-state index in [-0.39, 0.29) is 23.2 Å². The van der Waals surface area contributed by atoms with Crippen LogP contribution in [-0.2, 0) is 95.3 Å². The summed E-state index contributed by atoms with van der Waals surface area (Å²) in [5.74, 6) is -7.41. The Morgan fingerprint density at radius 1 is 0.574 bits per heavy atom. The minimum absolute atomic E-state index is 0.0362. The summed E-state index contributed by atoms with van der Waals surface area (Å²) in [7, 11) is 0. The molecule has 0 spiro atoms. The normalized spacial score (nSPS) is 32.2. The van der Waals surface area contributed by atoms with Crippen molar-refractivity contribution in [1.29, 1.82) is 0 Å². The molecule has 20 nitrogen and oxygen atoms in total. The summed E-state index contributed by atoms with van der Waals surface area (Å²) >= 11 is 0. The Morgan fingerprint density at radius 2 is 1.02 bits per heavy atom. The number of rotatable bonds is 14. The summed E-state index contributed by atoms with van der Waals surface area (Å²) in [5.41, 5.74) is 1.66. The van der Waals surface area contributed by atoms with Crippen molar-refractivity contribution in [3.63, 3.8) is 0 Å². The molecule has 2 heterocycles. The molecule has 2 aliphatic carbocycles. The number of Topliss-reactive ketones (excluding diaryl/α,β-unsaturated/α-hetero) is 1. The van der Waals surface area contributed by atoms with Gasteiger partial charge in [-0.3, -0.25) is 38.4 Å². The lowest BCUT2D eigenvalue weighted by atomic mass is 9.86. The Kier molecular flexibility index (Phi) is 16.7. The average Bonchev–Trinajstić information content (AvgIpc) is 3.32. The SMILES string of the molecule is C=C(C(=O)O[C@@H]1O[C@H](COC(C)=O)[C@@H](O[C@H]2O[C@H](COC(C)=O)[C@@H](OC(C)=O)[C@H](OC(C)=O)[C@H]2OC(C)=O)[C@H](OC(C)=O)[C@H]1OC(C)=O)[C@H]1CC[C@@H](C)[C@H]2CC(=O)C(C)=C2C1. The fourth-order valence-corrected chi connectivity index (χ4v) is 8.03. The summed E-state index contributed by atoms with van der Waals surface area (Å²) in [6.07, 6.45) is -15.0. The molecular formula is C41H54O20. The van der Waals surface area contributed by atoms with Gasteiger partial charge in [-0.25, -0.2) is 4.79 Å². The molecule has 20 heteroatoms. The molecule has 3 fully saturated rings. The topological polar surface area (TPSA) is 255 Å². The van der Waals surface area contributed by atoms with E-state index in [1.54, 1.807) is 6.92 Å². The van der Waals surface area contributed by atoms with Crippen LogP contribution in [0.1, 0.15) is 88.0 Å². The number of fused-ring (bicyclic) bond motifs is 1. The van der Waals surface area contributed by atoms with E-state index in [0.717, 1.165) is 54.0 Å². The van der Waals surface area contributed by atoms with Crippen molar-refractivity contribution >= 4 is 53.5 Å². The smallest absolute Gasteiger partial charge is 0.336 e. The molecule has 0 unspecified atom stereocenters. The minimum Gasteiger partial charge on any atom is -0.463 e. The third-order valence-electron chi connectivity index (χ3n) is 10.7. The second-order valence-corrected chi connectivity index (χ2v) is 15.4. The zero-order chi connectivity index (χ0) is 45.5. The van der Waals surface area contributed by atoms with Crippen molar-refractivity contribution in [3.8, 4) is 0 Å². The van der Waals surface area contributed by atoms with E-state index >= 15 is 0 Å². The summed E-state index contributed by atoms with van der Waals surface area (Å²) < 4.78 is 62.5. The van der Waals surface area contributed by atoms with Gasteiger partial charge in [0.15, 0.2) is 36.5 Å². The average molecular weight is 867 g/mol. The van der Waals surface area contributed by atoms with Gasteiger partial charge in [0.05, 0.1) is 0 Å². The molecule has 0 N–H and O–H groups in total. The van der Waals surface area contributed by atoms with Crippen molar-refractivity contribution in [2.75, 3.05) is 13.2 Å². The highest BCUT2D eigenvalue weighted by molar-refractivity contribution is 5.98. The first-order valence-corrected chi connectivity index (χ1v) is 19.8. The minimum atomic E-state index is -1.88. The Bertz CT molecular complexity index is 1780. The number of carbonyl (C=O) groups is 9. The van der Waals surface area contributed by atoms with Gasteiger partial charge >= 0.3 is 47.8 Å². The van der Waals surface area contributed by atoms with Gasteiger partial charge in [0.2, 0.25) is 12.4 Å². The van der Waals surface area contributed by atoms with Crippen molar-refractivity contribution in [2.45, 2.75) is 149 Å². The van der Waals surface area contributed by atoms with E-state index in [1.807, 2.05) is 0 Å². The Labute approximate surface area is 352 Å². The predicted molar refractivity (Wildman–Crippen MR) is 201 cm³/mol. The lowest BCUT2D eigenvalue weighted by molar-refractivity contribution is -0.357. The largest absolute Gasteiger partial charge is 0.463 e. The van der Waals surface area contributed by atoms with Gasteiger partial charge in [-0.1, -0.05) is 19.1 Å². The van der Waals surface area contributed by atoms with Crippen LogP contribution in [0.15, 0.2) is 23.3 Å². The van der Waals surface area contributed by atoms with Gasteiger partial charge in [0.1, 0.15) is 31.5 Å². The number of allylic oxidation sites excluding steroid dienone is 2. The molecule has 2 aliphatic heterocycles. The van der Waals surface area contributed by atoms with Gasteiger partial charge in [-0.2, -0.15) is 0 Å². The lowest BCUT2D eigenvalue weighted by Crippen LogP contribution is -2.67. The Balaban J connectivity index is 1.76. The standard InChI is InChI=1S/C41H54O20/c1-17-11-12-27(13-29-19(3)30(49)14-28(17)29)18(2)39(50)61-41-38(57-26(10)48)36(55-24(8)46)34(32(59-41)16-52-21(5)43)60-40-37(56-25(9)47)35(54-23(7)45)33(53-22(6)44)31(58-40)15-51-20(4)42/h17,27-28,31-38,40-41H,2,11-16H2,1,3-10H3/t17-,27+,28-,31-,32-,33-,34-,35+,36+,37-,38-,40-,41+/m1/s1. The fourth-order valence-electron chi connectivity index (χ4n) is 8.03. The number of ketones is 1. The molecule has 13 atom stereocenters. The third kappa shape index (κ3) is 12.7. The van der Waals surface area contributed by atoms with Crippen molar-refractivity contribution in [1.82, 2.24) is 0 Å². The molecule has 1 saturated carbocycles. The van der Waals surface area contributed by atoms with E-state index in [4.69, 9.17) is 52.1 Å². The molecule has 2 saturated heterocycles. The third-order valence-corrected chi connectivity index (χ3v) is 10.7. The molecule has 4 rings (SSSR count). The fraction of sp³-hybridized carbons (Fsp3) is 0.683. The van der Waals surface area contributed by atoms with Gasteiger partial charge in [0.25, 0.3) is 0 Å². The molecule has 0 aromatic carbocycles. The molecule has 0 bridgehead atoms. The molecule has 0 amide bonds. The second-order valence-electron chi connectivity index (χ2n) is 15.4. The zero-order valence-electron chi connectivity index (χ0n) is 35.6. The van der Waals surface area contributed by atoms with E-state index < -0.39 is 128 Å². The van der Waals surface area contributed by atoms with E-state index in [1.165, 1.54) is 0 Å². The number of ether oxygens (including phenoxy) is 11. The summed E-state index contributed by atoms with van der Waals surface area (Å²) in [4.78, 5) is 113. The van der Waals surface area contributed by atoms with Gasteiger partial charge in [-0.15, -0.1) is 0 Å². The van der Waals surface area contributed by atoms with Gasteiger partial charge in [-0.05, 0) is 49.5 Å². The number of hydrogen-bond donors (Lipinski definition) is 0. The lowest BCUT2D eigenvalue weighted by Gasteiger charge is -2.48. The predicted octanol–water partition coefficient (Wildman–Crippen LogP) is 2.05. The van der Waals surface area contributed by atoms with Crippen LogP contribution in [0.3, 0.4) is 0 Å². The van der Waals surface area contributed by atoms with E-state index in [0.29, 0.717) is 31.3 Å². The molecule has 61 heavy (non-hydrogen) atoms. The Morgan fingerprint density at radius 3 is 1.52 bits per heavy atom. The van der Waals surface area contributed by atoms with Gasteiger partial charge < -0.3 is 52.1 Å². The summed E-state index contributed by atoms with van der Waals surface area (Å²) in [5, 5.41) is 0. The first kappa shape index (κ1) is 48.5. The summed E-state index contributed by atoms with van der Waals surface area (Å²) in [6.45, 7) is 13.8. The second kappa shape index (κ2) is 21.0. The molecule has 338 valence electrons. The van der Waals surface area contributed by atoms with Crippen LogP contribution in [0.25, 0.3) is 0 Å². The first-order valence-electron chi connectivity index (χ1n) is 19.8. The van der Waals surface area contributed by atoms with E-state index in [9.17, 15) is 43.2 Å². The maximum Gasteiger partial charge on any atom is 0.336 e. The van der Waals surface area contributed by atoms with Crippen LogP contribution in [0, 0.1) is 17.8 Å².